The van der Waals surface area contributed by atoms with Gasteiger partial charge in [0.25, 0.3) is 0 Å². The fraction of sp³-hybridized carbons (Fsp3) is 0.692. The monoisotopic (exact) mass is 247 g/mol. The summed E-state index contributed by atoms with van der Waals surface area (Å²) in [6.07, 6.45) is 3.73. The maximum atomic E-state index is 4.43. The molecule has 0 aromatic carbocycles. The van der Waals surface area contributed by atoms with Gasteiger partial charge in [-0.2, -0.15) is 0 Å². The van der Waals surface area contributed by atoms with E-state index in [2.05, 4.69) is 31.7 Å². The van der Waals surface area contributed by atoms with Gasteiger partial charge in [-0.1, -0.05) is 0 Å². The van der Waals surface area contributed by atoms with E-state index in [1.54, 1.807) is 0 Å². The molecule has 0 spiro atoms. The van der Waals surface area contributed by atoms with Gasteiger partial charge in [-0.15, -0.1) is 0 Å². The molecule has 0 amide bonds. The summed E-state index contributed by atoms with van der Waals surface area (Å²) in [5.41, 5.74) is 0.981. The second-order valence-electron chi connectivity index (χ2n) is 5.41. The van der Waals surface area contributed by atoms with E-state index in [4.69, 9.17) is 0 Å². The van der Waals surface area contributed by atoms with Crippen LogP contribution in [-0.2, 0) is 0 Å². The maximum Gasteiger partial charge on any atom is 0.147 e. The highest BCUT2D eigenvalue weighted by molar-refractivity contribution is 5.40. The number of piperazine rings is 1. The lowest BCUT2D eigenvalue weighted by Gasteiger charge is -2.48. The third-order valence-electron chi connectivity index (χ3n) is 4.01. The number of likely N-dealkylation sites (N-methyl/N-ethyl adjacent to an activating group) is 1. The molecule has 3 rings (SSSR count). The van der Waals surface area contributed by atoms with Crippen molar-refractivity contribution in [1.82, 2.24) is 19.8 Å². The Morgan fingerprint density at radius 3 is 2.39 bits per heavy atom. The van der Waals surface area contributed by atoms with Crippen LogP contribution in [0.2, 0.25) is 0 Å². The van der Waals surface area contributed by atoms with Crippen LogP contribution in [0.5, 0.6) is 0 Å². The number of hydrogen-bond donors (Lipinski definition) is 0. The van der Waals surface area contributed by atoms with E-state index in [1.807, 2.05) is 19.3 Å². The number of hydrogen-bond acceptors (Lipinski definition) is 5. The lowest BCUT2D eigenvalue weighted by Crippen LogP contribution is -2.63. The van der Waals surface area contributed by atoms with E-state index in [0.29, 0.717) is 6.04 Å². The van der Waals surface area contributed by atoms with E-state index in [-0.39, 0.29) is 0 Å². The maximum absolute atomic E-state index is 4.43. The van der Waals surface area contributed by atoms with Crippen LogP contribution in [0, 0.1) is 6.92 Å². The van der Waals surface area contributed by atoms with Crippen molar-refractivity contribution in [2.75, 3.05) is 51.2 Å². The van der Waals surface area contributed by atoms with Crippen molar-refractivity contribution < 1.29 is 0 Å². The molecule has 0 radical (unpaired) electrons. The first-order valence-corrected chi connectivity index (χ1v) is 6.68. The van der Waals surface area contributed by atoms with Crippen molar-refractivity contribution in [2.24, 2.45) is 0 Å². The van der Waals surface area contributed by atoms with Crippen LogP contribution in [0.3, 0.4) is 0 Å². The molecule has 1 aromatic rings. The largest absolute Gasteiger partial charge is 0.352 e. The highest BCUT2D eigenvalue weighted by Crippen LogP contribution is 2.21. The predicted molar refractivity (Wildman–Crippen MR) is 71.8 cm³/mol. The Kier molecular flexibility index (Phi) is 3.18. The molecule has 0 saturated carbocycles. The highest BCUT2D eigenvalue weighted by atomic mass is 15.4. The summed E-state index contributed by atoms with van der Waals surface area (Å²) in [5, 5.41) is 0. The van der Waals surface area contributed by atoms with Crippen LogP contribution in [0.15, 0.2) is 12.4 Å². The second-order valence-corrected chi connectivity index (χ2v) is 5.41. The number of nitrogens with zero attached hydrogens (tertiary/aromatic N) is 5. The molecule has 3 heterocycles. The molecule has 1 aromatic heterocycles. The molecule has 2 saturated heterocycles. The van der Waals surface area contributed by atoms with Crippen LogP contribution < -0.4 is 4.90 Å². The Balaban J connectivity index is 1.52. The van der Waals surface area contributed by atoms with Gasteiger partial charge < -0.3 is 9.80 Å². The fourth-order valence-corrected chi connectivity index (χ4v) is 2.61. The Morgan fingerprint density at radius 1 is 1.06 bits per heavy atom. The average molecular weight is 247 g/mol. The molecule has 5 heteroatoms. The van der Waals surface area contributed by atoms with Gasteiger partial charge in [0.1, 0.15) is 5.82 Å². The molecule has 98 valence electrons. The summed E-state index contributed by atoms with van der Waals surface area (Å²) in [5.74, 6) is 1.02. The predicted octanol–water partition coefficient (Wildman–Crippen LogP) is 0.221. The number of aryl methyl sites for hydroxylation is 1. The van der Waals surface area contributed by atoms with Crippen LogP contribution >= 0.6 is 0 Å². The summed E-state index contributed by atoms with van der Waals surface area (Å²) in [4.78, 5) is 16.1. The normalized spacial score (nSPS) is 23.1. The number of aromatic nitrogens is 2. The second kappa shape index (κ2) is 4.82. The van der Waals surface area contributed by atoms with Gasteiger partial charge in [0, 0.05) is 45.3 Å². The summed E-state index contributed by atoms with van der Waals surface area (Å²) in [6, 6.07) is 0.710. The van der Waals surface area contributed by atoms with Gasteiger partial charge >= 0.3 is 0 Å². The minimum absolute atomic E-state index is 0.710. The number of rotatable bonds is 2. The van der Waals surface area contributed by atoms with Crippen molar-refractivity contribution in [3.05, 3.63) is 18.1 Å². The SMILES string of the molecule is Cc1cnc(N2CC(N3CCN(C)CC3)C2)cn1. The van der Waals surface area contributed by atoms with Gasteiger partial charge in [0.2, 0.25) is 0 Å². The molecule has 0 atom stereocenters. The smallest absolute Gasteiger partial charge is 0.147 e. The molecule has 0 aliphatic carbocycles. The number of anilines is 1. The minimum Gasteiger partial charge on any atom is -0.352 e. The Labute approximate surface area is 108 Å². The lowest BCUT2D eigenvalue weighted by atomic mass is 10.1. The molecular weight excluding hydrogens is 226 g/mol. The van der Waals surface area contributed by atoms with Crippen molar-refractivity contribution in [3.8, 4) is 0 Å². The molecule has 2 fully saturated rings. The lowest BCUT2D eigenvalue weighted by molar-refractivity contribution is 0.0960. The van der Waals surface area contributed by atoms with E-state index < -0.39 is 0 Å². The Bertz CT molecular complexity index is 390. The summed E-state index contributed by atoms with van der Waals surface area (Å²) in [7, 11) is 2.20. The third-order valence-corrected chi connectivity index (χ3v) is 4.01. The average Bonchev–Trinajstić information content (AvgIpc) is 2.32. The zero-order valence-electron chi connectivity index (χ0n) is 11.2. The summed E-state index contributed by atoms with van der Waals surface area (Å²) in [6.45, 7) is 8.97. The van der Waals surface area contributed by atoms with Crippen LogP contribution in [0.1, 0.15) is 5.69 Å². The Morgan fingerprint density at radius 2 is 1.78 bits per heavy atom. The molecule has 5 nitrogen and oxygen atoms in total. The molecule has 2 aliphatic rings. The first-order valence-electron chi connectivity index (χ1n) is 6.68. The van der Waals surface area contributed by atoms with Gasteiger partial charge in [0.15, 0.2) is 0 Å². The van der Waals surface area contributed by atoms with Crippen molar-refractivity contribution >= 4 is 5.82 Å². The summed E-state index contributed by atoms with van der Waals surface area (Å²) < 4.78 is 0. The van der Waals surface area contributed by atoms with Gasteiger partial charge in [-0.25, -0.2) is 4.98 Å². The van der Waals surface area contributed by atoms with Crippen molar-refractivity contribution in [2.45, 2.75) is 13.0 Å². The van der Waals surface area contributed by atoms with E-state index >= 15 is 0 Å². The first-order chi connectivity index (χ1) is 8.72. The molecule has 0 unspecified atom stereocenters. The van der Waals surface area contributed by atoms with E-state index in [0.717, 1.165) is 24.6 Å². The topological polar surface area (TPSA) is 35.5 Å². The van der Waals surface area contributed by atoms with Gasteiger partial charge in [0.05, 0.1) is 18.1 Å². The minimum atomic E-state index is 0.710. The summed E-state index contributed by atoms with van der Waals surface area (Å²) >= 11 is 0. The molecule has 2 aliphatic heterocycles. The molecule has 0 N–H and O–H groups in total. The van der Waals surface area contributed by atoms with Gasteiger partial charge in [-0.05, 0) is 14.0 Å². The van der Waals surface area contributed by atoms with E-state index in [1.165, 1.54) is 26.2 Å². The zero-order chi connectivity index (χ0) is 12.5. The quantitative estimate of drug-likeness (QED) is 0.747. The standard InChI is InChI=1S/C13H21N5/c1-11-7-15-13(8-14-11)18-9-12(10-18)17-5-3-16(2)4-6-17/h7-8,12H,3-6,9-10H2,1-2H3. The fourth-order valence-electron chi connectivity index (χ4n) is 2.61. The molecule has 18 heavy (non-hydrogen) atoms. The third kappa shape index (κ3) is 2.33. The highest BCUT2D eigenvalue weighted by Gasteiger charge is 2.33. The van der Waals surface area contributed by atoms with Crippen molar-refractivity contribution in [3.63, 3.8) is 0 Å². The van der Waals surface area contributed by atoms with Crippen LogP contribution in [-0.4, -0.2) is 72.1 Å². The zero-order valence-corrected chi connectivity index (χ0v) is 11.2. The van der Waals surface area contributed by atoms with E-state index in [9.17, 15) is 0 Å². The van der Waals surface area contributed by atoms with Crippen molar-refractivity contribution in [1.29, 1.82) is 0 Å². The first kappa shape index (κ1) is 11.9. The Hall–Kier alpha value is -1.20. The molecule has 0 bridgehead atoms. The van der Waals surface area contributed by atoms with Crippen LogP contribution in [0.25, 0.3) is 0 Å². The van der Waals surface area contributed by atoms with Gasteiger partial charge in [-0.3, -0.25) is 9.88 Å². The molecular formula is C13H21N5. The van der Waals surface area contributed by atoms with Crippen LogP contribution in [0.4, 0.5) is 5.82 Å².